The number of carbonyl (C=O) groups excluding carboxylic acids is 4. The standard InChI is InChI=1S/C23H35N3O6/c1-8-31-18(27)13-14-24-20(28)19(17-12-10-9-11-15(17)2)26(7)21(29)16(3)25-22(30)32-23(4,5)6/h9-12,16,19H,8,13-14H2,1-7H3,(H,24,28)(H,25,30). The number of aryl methyl sites for hydroxylation is 1. The maximum Gasteiger partial charge on any atom is 0.408 e. The van der Waals surface area contributed by atoms with Gasteiger partial charge in [0.05, 0.1) is 13.0 Å². The number of alkyl carbamates (subject to hydrolysis) is 1. The quantitative estimate of drug-likeness (QED) is 0.560. The minimum absolute atomic E-state index is 0.0222. The number of carbonyl (C=O) groups is 4. The van der Waals surface area contributed by atoms with Crippen LogP contribution in [0.4, 0.5) is 4.79 Å². The molecule has 1 rings (SSSR count). The molecule has 1 aromatic rings. The van der Waals surface area contributed by atoms with Crippen LogP contribution in [0.3, 0.4) is 0 Å². The van der Waals surface area contributed by atoms with Gasteiger partial charge in [-0.3, -0.25) is 14.4 Å². The van der Waals surface area contributed by atoms with E-state index in [0.717, 1.165) is 5.56 Å². The highest BCUT2D eigenvalue weighted by Gasteiger charge is 2.33. The van der Waals surface area contributed by atoms with Crippen molar-refractivity contribution in [3.63, 3.8) is 0 Å². The number of hydrogen-bond donors (Lipinski definition) is 2. The normalized spacial score (nSPS) is 12.8. The van der Waals surface area contributed by atoms with Crippen LogP contribution < -0.4 is 10.6 Å². The first-order valence-electron chi connectivity index (χ1n) is 10.6. The van der Waals surface area contributed by atoms with Crippen molar-refractivity contribution in [2.45, 2.75) is 65.6 Å². The van der Waals surface area contributed by atoms with E-state index in [1.54, 1.807) is 39.8 Å². The summed E-state index contributed by atoms with van der Waals surface area (Å²) < 4.78 is 10.1. The summed E-state index contributed by atoms with van der Waals surface area (Å²) in [5, 5.41) is 5.20. The van der Waals surface area contributed by atoms with Gasteiger partial charge in [0.2, 0.25) is 11.8 Å². The van der Waals surface area contributed by atoms with Gasteiger partial charge < -0.3 is 25.0 Å². The Kier molecular flexibility index (Phi) is 10.2. The van der Waals surface area contributed by atoms with Gasteiger partial charge in [-0.2, -0.15) is 0 Å². The summed E-state index contributed by atoms with van der Waals surface area (Å²) in [6.45, 7) is 10.6. The van der Waals surface area contributed by atoms with Gasteiger partial charge in [0, 0.05) is 13.6 Å². The molecule has 0 saturated heterocycles. The Hall–Kier alpha value is -3.10. The summed E-state index contributed by atoms with van der Waals surface area (Å²) in [5.41, 5.74) is 0.758. The fourth-order valence-corrected chi connectivity index (χ4v) is 3.02. The Labute approximate surface area is 189 Å². The molecule has 0 aliphatic rings. The molecule has 2 N–H and O–H groups in total. The summed E-state index contributed by atoms with van der Waals surface area (Å²) in [6, 6.07) is 5.35. The van der Waals surface area contributed by atoms with Gasteiger partial charge in [-0.1, -0.05) is 24.3 Å². The van der Waals surface area contributed by atoms with Crippen molar-refractivity contribution in [1.29, 1.82) is 0 Å². The van der Waals surface area contributed by atoms with Crippen molar-refractivity contribution in [2.24, 2.45) is 0 Å². The maximum absolute atomic E-state index is 13.0. The van der Waals surface area contributed by atoms with Crippen molar-refractivity contribution in [1.82, 2.24) is 15.5 Å². The molecule has 1 aromatic carbocycles. The summed E-state index contributed by atoms with van der Waals surface area (Å²) in [7, 11) is 1.50. The van der Waals surface area contributed by atoms with E-state index < -0.39 is 41.6 Å². The first-order chi connectivity index (χ1) is 14.9. The molecule has 178 valence electrons. The third-order valence-electron chi connectivity index (χ3n) is 4.50. The molecule has 9 nitrogen and oxygen atoms in total. The summed E-state index contributed by atoms with van der Waals surface area (Å²) in [6.07, 6.45) is -0.702. The highest BCUT2D eigenvalue weighted by Crippen LogP contribution is 2.24. The van der Waals surface area contributed by atoms with Gasteiger partial charge in [0.15, 0.2) is 0 Å². The summed E-state index contributed by atoms with van der Waals surface area (Å²) >= 11 is 0. The van der Waals surface area contributed by atoms with Crippen molar-refractivity contribution < 1.29 is 28.7 Å². The Balaban J connectivity index is 3.00. The zero-order chi connectivity index (χ0) is 24.5. The number of hydrogen-bond acceptors (Lipinski definition) is 6. The number of rotatable bonds is 9. The van der Waals surface area contributed by atoms with Gasteiger partial charge in [0.1, 0.15) is 17.7 Å². The number of ether oxygens (including phenoxy) is 2. The third kappa shape index (κ3) is 8.56. The molecule has 0 heterocycles. The fraction of sp³-hybridized carbons (Fsp3) is 0.565. The lowest BCUT2D eigenvalue weighted by Crippen LogP contribution is -2.50. The van der Waals surface area contributed by atoms with Gasteiger partial charge in [-0.05, 0) is 52.7 Å². The van der Waals surface area contributed by atoms with E-state index in [1.165, 1.54) is 18.9 Å². The van der Waals surface area contributed by atoms with Crippen LogP contribution in [0, 0.1) is 6.92 Å². The smallest absolute Gasteiger partial charge is 0.408 e. The zero-order valence-corrected chi connectivity index (χ0v) is 20.0. The lowest BCUT2D eigenvalue weighted by atomic mass is 9.99. The zero-order valence-electron chi connectivity index (χ0n) is 20.0. The first kappa shape index (κ1) is 26.9. The molecule has 32 heavy (non-hydrogen) atoms. The highest BCUT2D eigenvalue weighted by atomic mass is 16.6. The van der Waals surface area contributed by atoms with E-state index in [4.69, 9.17) is 9.47 Å². The molecule has 9 heteroatoms. The molecular weight excluding hydrogens is 414 g/mol. The summed E-state index contributed by atoms with van der Waals surface area (Å²) in [4.78, 5) is 51.0. The Morgan fingerprint density at radius 1 is 1.12 bits per heavy atom. The number of likely N-dealkylation sites (N-methyl/N-ethyl adjacent to an activating group) is 1. The topological polar surface area (TPSA) is 114 Å². The second-order valence-electron chi connectivity index (χ2n) is 8.42. The molecule has 0 bridgehead atoms. The molecule has 0 aliphatic heterocycles. The molecule has 0 aliphatic carbocycles. The van der Waals surface area contributed by atoms with Gasteiger partial charge >= 0.3 is 12.1 Å². The monoisotopic (exact) mass is 449 g/mol. The average Bonchev–Trinajstić information content (AvgIpc) is 2.67. The Morgan fingerprint density at radius 3 is 2.31 bits per heavy atom. The second kappa shape index (κ2) is 12.1. The van der Waals surface area contributed by atoms with Crippen LogP contribution >= 0.6 is 0 Å². The van der Waals surface area contributed by atoms with Crippen LogP contribution in [0.2, 0.25) is 0 Å². The predicted octanol–water partition coefficient (Wildman–Crippen LogP) is 2.48. The van der Waals surface area contributed by atoms with Crippen LogP contribution in [0.15, 0.2) is 24.3 Å². The van der Waals surface area contributed by atoms with E-state index in [2.05, 4.69) is 10.6 Å². The van der Waals surface area contributed by atoms with Crippen molar-refractivity contribution >= 4 is 23.9 Å². The van der Waals surface area contributed by atoms with E-state index in [9.17, 15) is 19.2 Å². The van der Waals surface area contributed by atoms with Crippen LogP contribution in [0.1, 0.15) is 58.2 Å². The van der Waals surface area contributed by atoms with E-state index in [-0.39, 0.29) is 19.6 Å². The van der Waals surface area contributed by atoms with Crippen molar-refractivity contribution in [2.75, 3.05) is 20.2 Å². The average molecular weight is 450 g/mol. The van der Waals surface area contributed by atoms with E-state index in [0.29, 0.717) is 5.56 Å². The number of esters is 1. The Bertz CT molecular complexity index is 818. The van der Waals surface area contributed by atoms with Crippen molar-refractivity contribution in [3.05, 3.63) is 35.4 Å². The SMILES string of the molecule is CCOC(=O)CCNC(=O)C(c1ccccc1C)N(C)C(=O)C(C)NC(=O)OC(C)(C)C. The highest BCUT2D eigenvalue weighted by molar-refractivity contribution is 5.92. The van der Waals surface area contributed by atoms with E-state index >= 15 is 0 Å². The summed E-state index contributed by atoms with van der Waals surface area (Å²) in [5.74, 6) is -1.33. The maximum atomic E-state index is 13.0. The van der Waals surface area contributed by atoms with Gasteiger partial charge in [-0.25, -0.2) is 4.79 Å². The number of amides is 3. The minimum atomic E-state index is -0.950. The second-order valence-corrected chi connectivity index (χ2v) is 8.42. The molecular formula is C23H35N3O6. The molecule has 0 aromatic heterocycles. The molecule has 0 saturated carbocycles. The third-order valence-corrected chi connectivity index (χ3v) is 4.50. The van der Waals surface area contributed by atoms with Crippen LogP contribution in [-0.4, -0.2) is 60.6 Å². The minimum Gasteiger partial charge on any atom is -0.466 e. The molecule has 0 spiro atoms. The van der Waals surface area contributed by atoms with E-state index in [1.807, 2.05) is 19.1 Å². The molecule has 2 unspecified atom stereocenters. The first-order valence-corrected chi connectivity index (χ1v) is 10.6. The molecule has 3 amide bonds. The number of nitrogens with zero attached hydrogens (tertiary/aromatic N) is 1. The number of nitrogens with one attached hydrogen (secondary N) is 2. The largest absolute Gasteiger partial charge is 0.466 e. The molecule has 2 atom stereocenters. The molecule has 0 radical (unpaired) electrons. The Morgan fingerprint density at radius 2 is 1.75 bits per heavy atom. The lowest BCUT2D eigenvalue weighted by molar-refractivity contribution is -0.143. The molecule has 0 fully saturated rings. The fourth-order valence-electron chi connectivity index (χ4n) is 3.02. The lowest BCUT2D eigenvalue weighted by Gasteiger charge is -2.31. The van der Waals surface area contributed by atoms with Crippen LogP contribution in [0.25, 0.3) is 0 Å². The van der Waals surface area contributed by atoms with Gasteiger partial charge in [-0.15, -0.1) is 0 Å². The van der Waals surface area contributed by atoms with Gasteiger partial charge in [0.25, 0.3) is 0 Å². The van der Waals surface area contributed by atoms with Crippen LogP contribution in [-0.2, 0) is 23.9 Å². The van der Waals surface area contributed by atoms with Crippen molar-refractivity contribution in [3.8, 4) is 0 Å². The predicted molar refractivity (Wildman–Crippen MR) is 120 cm³/mol. The van der Waals surface area contributed by atoms with Crippen LogP contribution in [0.5, 0.6) is 0 Å². The number of benzene rings is 1.